The first-order chi connectivity index (χ1) is 26.7. The Kier molecular flexibility index (Phi) is 7.81. The first kappa shape index (κ1) is 31.5. The quantitative estimate of drug-likeness (QED) is 0.129. The number of rotatable bonds is 6. The summed E-state index contributed by atoms with van der Waals surface area (Å²) >= 11 is 0. The van der Waals surface area contributed by atoms with Crippen molar-refractivity contribution < 1.29 is 0 Å². The van der Waals surface area contributed by atoms with Crippen molar-refractivity contribution in [2.75, 3.05) is 0 Å². The molecule has 0 fully saturated rings. The Morgan fingerprint density at radius 2 is 0.685 bits per heavy atom. The maximum atomic E-state index is 5.11. The molecule has 3 nitrogen and oxygen atoms in total. The SMILES string of the molecule is c1ccc(-c2ccc(-c3nc(-c4ccc(-c5c6ccccc6cc6c5ccc5ccccc56)cc4)nc(-c4cccc(-c5ccccc5)c4)n3)cc2)cc1. The highest BCUT2D eigenvalue weighted by atomic mass is 15.0. The van der Waals surface area contributed by atoms with Gasteiger partial charge in [-0.3, -0.25) is 0 Å². The van der Waals surface area contributed by atoms with Crippen LogP contribution in [0.25, 0.3) is 99.9 Å². The summed E-state index contributed by atoms with van der Waals surface area (Å²) in [5.41, 5.74) is 9.76. The zero-order valence-corrected chi connectivity index (χ0v) is 29.4. The lowest BCUT2D eigenvalue weighted by atomic mass is 9.89. The van der Waals surface area contributed by atoms with Gasteiger partial charge in [0.1, 0.15) is 0 Å². The van der Waals surface area contributed by atoms with Crippen molar-refractivity contribution in [2.24, 2.45) is 0 Å². The van der Waals surface area contributed by atoms with E-state index < -0.39 is 0 Å². The van der Waals surface area contributed by atoms with Crippen LogP contribution in [0.2, 0.25) is 0 Å². The van der Waals surface area contributed by atoms with E-state index >= 15 is 0 Å². The van der Waals surface area contributed by atoms with Gasteiger partial charge in [-0.2, -0.15) is 0 Å². The number of fused-ring (bicyclic) bond motifs is 4. The molecule has 9 aromatic carbocycles. The smallest absolute Gasteiger partial charge is 0.164 e. The Morgan fingerprint density at radius 3 is 1.35 bits per heavy atom. The van der Waals surface area contributed by atoms with E-state index in [9.17, 15) is 0 Å². The molecule has 0 N–H and O–H groups in total. The van der Waals surface area contributed by atoms with E-state index in [4.69, 9.17) is 15.0 Å². The predicted molar refractivity (Wildman–Crippen MR) is 225 cm³/mol. The van der Waals surface area contributed by atoms with Gasteiger partial charge < -0.3 is 0 Å². The van der Waals surface area contributed by atoms with E-state index in [1.165, 1.54) is 43.4 Å². The van der Waals surface area contributed by atoms with Gasteiger partial charge in [0.25, 0.3) is 0 Å². The van der Waals surface area contributed by atoms with Gasteiger partial charge in [0.05, 0.1) is 0 Å². The normalized spacial score (nSPS) is 11.3. The summed E-state index contributed by atoms with van der Waals surface area (Å²) in [7, 11) is 0. The minimum absolute atomic E-state index is 0.632. The van der Waals surface area contributed by atoms with Gasteiger partial charge in [0, 0.05) is 16.7 Å². The van der Waals surface area contributed by atoms with Gasteiger partial charge in [-0.1, -0.05) is 188 Å². The zero-order chi connectivity index (χ0) is 35.8. The molecule has 3 heteroatoms. The van der Waals surface area contributed by atoms with Crippen LogP contribution in [0.3, 0.4) is 0 Å². The Bertz CT molecular complexity index is 2950. The maximum Gasteiger partial charge on any atom is 0.164 e. The van der Waals surface area contributed by atoms with Crippen molar-refractivity contribution in [3.63, 3.8) is 0 Å². The average Bonchev–Trinajstić information content (AvgIpc) is 3.26. The lowest BCUT2D eigenvalue weighted by Crippen LogP contribution is -2.00. The molecule has 54 heavy (non-hydrogen) atoms. The molecule has 0 saturated carbocycles. The first-order valence-corrected chi connectivity index (χ1v) is 18.3. The summed E-state index contributed by atoms with van der Waals surface area (Å²) in [4.78, 5) is 15.3. The Labute approximate surface area is 313 Å². The molecule has 0 saturated heterocycles. The van der Waals surface area contributed by atoms with Crippen molar-refractivity contribution in [2.45, 2.75) is 0 Å². The monoisotopic (exact) mass is 687 g/mol. The second kappa shape index (κ2) is 13.4. The van der Waals surface area contributed by atoms with Gasteiger partial charge in [-0.25, -0.2) is 15.0 Å². The van der Waals surface area contributed by atoms with Gasteiger partial charge in [0.2, 0.25) is 0 Å². The van der Waals surface area contributed by atoms with E-state index in [1.54, 1.807) is 0 Å². The molecule has 0 radical (unpaired) electrons. The minimum Gasteiger partial charge on any atom is -0.208 e. The van der Waals surface area contributed by atoms with Crippen LogP contribution in [-0.2, 0) is 0 Å². The molecule has 0 aliphatic rings. The lowest BCUT2D eigenvalue weighted by Gasteiger charge is -2.14. The van der Waals surface area contributed by atoms with Crippen molar-refractivity contribution in [3.05, 3.63) is 200 Å². The van der Waals surface area contributed by atoms with Crippen molar-refractivity contribution in [1.82, 2.24) is 15.0 Å². The molecule has 1 aromatic heterocycles. The summed E-state index contributed by atoms with van der Waals surface area (Å²) in [6.07, 6.45) is 0. The van der Waals surface area contributed by atoms with Crippen LogP contribution in [0.4, 0.5) is 0 Å². The average molecular weight is 688 g/mol. The predicted octanol–water partition coefficient (Wildman–Crippen LogP) is 13.3. The molecule has 0 amide bonds. The number of hydrogen-bond acceptors (Lipinski definition) is 3. The van der Waals surface area contributed by atoms with Crippen LogP contribution in [0.5, 0.6) is 0 Å². The number of benzene rings is 9. The number of hydrogen-bond donors (Lipinski definition) is 0. The molecular formula is C51H33N3. The Balaban J connectivity index is 1.10. The molecule has 0 aliphatic carbocycles. The van der Waals surface area contributed by atoms with Crippen LogP contribution in [0.1, 0.15) is 0 Å². The zero-order valence-electron chi connectivity index (χ0n) is 29.4. The van der Waals surface area contributed by atoms with Gasteiger partial charge in [-0.15, -0.1) is 0 Å². The van der Waals surface area contributed by atoms with Crippen LogP contribution in [-0.4, -0.2) is 15.0 Å². The van der Waals surface area contributed by atoms with Crippen molar-refractivity contribution >= 4 is 32.3 Å². The van der Waals surface area contributed by atoms with Crippen molar-refractivity contribution in [3.8, 4) is 67.5 Å². The Hall–Kier alpha value is -7.23. The lowest BCUT2D eigenvalue weighted by molar-refractivity contribution is 1.07. The van der Waals surface area contributed by atoms with E-state index in [0.717, 1.165) is 38.9 Å². The van der Waals surface area contributed by atoms with Crippen LogP contribution in [0.15, 0.2) is 200 Å². The summed E-state index contributed by atoms with van der Waals surface area (Å²) < 4.78 is 0. The second-order valence-corrected chi connectivity index (χ2v) is 13.6. The summed E-state index contributed by atoms with van der Waals surface area (Å²) in [5, 5.41) is 7.46. The molecule has 0 unspecified atom stereocenters. The topological polar surface area (TPSA) is 38.7 Å². The van der Waals surface area contributed by atoms with E-state index in [0.29, 0.717) is 17.5 Å². The summed E-state index contributed by atoms with van der Waals surface area (Å²) in [6.45, 7) is 0. The van der Waals surface area contributed by atoms with Crippen molar-refractivity contribution in [1.29, 1.82) is 0 Å². The van der Waals surface area contributed by atoms with Gasteiger partial charge in [0.15, 0.2) is 17.5 Å². The maximum absolute atomic E-state index is 5.11. The van der Waals surface area contributed by atoms with Crippen LogP contribution in [0, 0.1) is 0 Å². The fourth-order valence-corrected chi connectivity index (χ4v) is 7.59. The van der Waals surface area contributed by atoms with Crippen LogP contribution >= 0.6 is 0 Å². The molecule has 0 aliphatic heterocycles. The molecular weight excluding hydrogens is 655 g/mol. The molecule has 10 aromatic rings. The third-order valence-corrected chi connectivity index (χ3v) is 10.3. The highest BCUT2D eigenvalue weighted by Gasteiger charge is 2.16. The standard InChI is InChI=1S/C51H33N3/c1-3-12-34(13-4-1)36-22-26-39(27-23-36)49-52-50(54-51(53-49)43-19-11-18-41(32-43)35-14-5-2-6-15-35)40-28-24-38(25-29-40)48-45-21-10-8-17-42(45)33-47-44-20-9-7-16-37(44)30-31-46(47)48/h1-33H. The molecule has 10 rings (SSSR count). The third-order valence-electron chi connectivity index (χ3n) is 10.3. The highest BCUT2D eigenvalue weighted by Crippen LogP contribution is 2.40. The van der Waals surface area contributed by atoms with E-state index in [2.05, 4.69) is 188 Å². The fraction of sp³-hybridized carbons (Fsp3) is 0. The summed E-state index contributed by atoms with van der Waals surface area (Å²) in [6, 6.07) is 70.6. The largest absolute Gasteiger partial charge is 0.208 e. The molecule has 0 spiro atoms. The molecule has 252 valence electrons. The second-order valence-electron chi connectivity index (χ2n) is 13.6. The Morgan fingerprint density at radius 1 is 0.222 bits per heavy atom. The minimum atomic E-state index is 0.632. The summed E-state index contributed by atoms with van der Waals surface area (Å²) in [5.74, 6) is 1.90. The highest BCUT2D eigenvalue weighted by molar-refractivity contribution is 6.20. The fourth-order valence-electron chi connectivity index (χ4n) is 7.59. The number of nitrogens with zero attached hydrogens (tertiary/aromatic N) is 3. The van der Waals surface area contributed by atoms with Gasteiger partial charge >= 0.3 is 0 Å². The molecule has 0 atom stereocenters. The molecule has 1 heterocycles. The van der Waals surface area contributed by atoms with E-state index in [1.807, 2.05) is 12.1 Å². The third kappa shape index (κ3) is 5.78. The van der Waals surface area contributed by atoms with Gasteiger partial charge in [-0.05, 0) is 77.8 Å². The molecule has 0 bridgehead atoms. The van der Waals surface area contributed by atoms with Crippen LogP contribution < -0.4 is 0 Å². The first-order valence-electron chi connectivity index (χ1n) is 18.3. The van der Waals surface area contributed by atoms with E-state index in [-0.39, 0.29) is 0 Å². The number of aromatic nitrogens is 3.